The molecule has 10 heteroatoms. The fourth-order valence-electron chi connectivity index (χ4n) is 3.49. The Morgan fingerprint density at radius 3 is 2.58 bits per heavy atom. The van der Waals surface area contributed by atoms with E-state index in [2.05, 4.69) is 43.6 Å². The molecule has 1 amide bonds. The first-order chi connectivity index (χ1) is 15.1. The van der Waals surface area contributed by atoms with E-state index in [1.165, 1.54) is 11.8 Å². The second kappa shape index (κ2) is 10.1. The number of para-hydroxylation sites is 2. The van der Waals surface area contributed by atoms with Gasteiger partial charge in [-0.2, -0.15) is 4.68 Å². The molecule has 1 aliphatic rings. The number of nitrogens with zero attached hydrogens (tertiary/aromatic N) is 6. The first kappa shape index (κ1) is 21.6. The quantitative estimate of drug-likeness (QED) is 0.546. The third-order valence-electron chi connectivity index (χ3n) is 5.18. The summed E-state index contributed by atoms with van der Waals surface area (Å²) in [7, 11) is 0. The Morgan fingerprint density at radius 1 is 1.10 bits per heavy atom. The second-order valence-electron chi connectivity index (χ2n) is 7.12. The molecule has 1 saturated heterocycles. The minimum Gasteiger partial charge on any atom is -0.367 e. The largest absolute Gasteiger partial charge is 0.367 e. The van der Waals surface area contributed by atoms with E-state index in [9.17, 15) is 4.79 Å². The Bertz CT molecular complexity index is 1020. The zero-order valence-electron chi connectivity index (χ0n) is 17.2. The highest BCUT2D eigenvalue weighted by molar-refractivity contribution is 7.99. The molecule has 1 fully saturated rings. The topological polar surface area (TPSA) is 79.2 Å². The Kier molecular flexibility index (Phi) is 7.06. The highest BCUT2D eigenvalue weighted by atomic mass is 35.5. The number of rotatable bonds is 7. The molecule has 0 unspecified atom stereocenters. The number of anilines is 2. The molecule has 162 valence electrons. The molecule has 1 aromatic heterocycles. The van der Waals surface area contributed by atoms with Gasteiger partial charge in [-0.3, -0.25) is 4.79 Å². The average molecular weight is 458 g/mol. The Morgan fingerprint density at radius 2 is 1.84 bits per heavy atom. The van der Waals surface area contributed by atoms with Gasteiger partial charge >= 0.3 is 0 Å². The number of nitrogens with one attached hydrogen (secondary N) is 1. The maximum Gasteiger partial charge on any atom is 0.234 e. The van der Waals surface area contributed by atoms with Crippen molar-refractivity contribution < 1.29 is 4.79 Å². The van der Waals surface area contributed by atoms with Gasteiger partial charge < -0.3 is 15.1 Å². The van der Waals surface area contributed by atoms with Crippen molar-refractivity contribution in [3.05, 3.63) is 53.6 Å². The van der Waals surface area contributed by atoms with Crippen LogP contribution in [0.1, 0.15) is 6.92 Å². The lowest BCUT2D eigenvalue weighted by molar-refractivity contribution is -0.113. The molecule has 8 nitrogen and oxygen atoms in total. The van der Waals surface area contributed by atoms with Crippen molar-refractivity contribution >= 4 is 40.6 Å². The van der Waals surface area contributed by atoms with Crippen LogP contribution in [-0.4, -0.2) is 69.5 Å². The van der Waals surface area contributed by atoms with Crippen LogP contribution < -0.4 is 10.2 Å². The van der Waals surface area contributed by atoms with Crippen molar-refractivity contribution in [3.63, 3.8) is 0 Å². The van der Waals surface area contributed by atoms with Crippen molar-refractivity contribution in [2.24, 2.45) is 0 Å². The Labute approximate surface area is 190 Å². The summed E-state index contributed by atoms with van der Waals surface area (Å²) in [6, 6.07) is 15.2. The van der Waals surface area contributed by atoms with E-state index in [4.69, 9.17) is 11.6 Å². The lowest BCUT2D eigenvalue weighted by Gasteiger charge is -2.36. The maximum atomic E-state index is 12.7. The van der Waals surface area contributed by atoms with E-state index >= 15 is 0 Å². The fraction of sp³-hybridized carbons (Fsp3) is 0.333. The van der Waals surface area contributed by atoms with Gasteiger partial charge in [0.1, 0.15) is 0 Å². The summed E-state index contributed by atoms with van der Waals surface area (Å²) in [4.78, 5) is 17.4. The normalized spacial score (nSPS) is 14.6. The third-order valence-corrected chi connectivity index (χ3v) is 6.35. The first-order valence-corrected chi connectivity index (χ1v) is 11.5. The van der Waals surface area contributed by atoms with Crippen LogP contribution in [0.15, 0.2) is 53.7 Å². The summed E-state index contributed by atoms with van der Waals surface area (Å²) >= 11 is 7.24. The van der Waals surface area contributed by atoms with E-state index < -0.39 is 0 Å². The molecule has 0 radical (unpaired) electrons. The van der Waals surface area contributed by atoms with Gasteiger partial charge in [-0.05, 0) is 53.4 Å². The van der Waals surface area contributed by atoms with Gasteiger partial charge in [0.05, 0.1) is 22.8 Å². The SMILES string of the molecule is CCN1CCN(c2ccccc2NC(=O)CSc2nnnn2-c2ccc(Cl)cc2)CC1. The number of amides is 1. The van der Waals surface area contributed by atoms with Crippen LogP contribution in [0.5, 0.6) is 0 Å². The standard InChI is InChI=1S/C21H24ClN7OS/c1-2-27-11-13-28(14-12-27)19-6-4-3-5-18(19)23-20(30)15-31-21-24-25-26-29(21)17-9-7-16(22)8-10-17/h3-10H,2,11-15H2,1H3,(H,23,30). The van der Waals surface area contributed by atoms with Gasteiger partial charge in [0.25, 0.3) is 0 Å². The summed E-state index contributed by atoms with van der Waals surface area (Å²) < 4.78 is 1.59. The van der Waals surface area contributed by atoms with Gasteiger partial charge in [0.2, 0.25) is 11.1 Å². The van der Waals surface area contributed by atoms with E-state index in [1.807, 2.05) is 30.3 Å². The molecule has 0 saturated carbocycles. The molecule has 31 heavy (non-hydrogen) atoms. The number of aromatic nitrogens is 4. The van der Waals surface area contributed by atoms with Crippen molar-refractivity contribution in [1.29, 1.82) is 0 Å². The van der Waals surface area contributed by atoms with Crippen molar-refractivity contribution in [3.8, 4) is 5.69 Å². The van der Waals surface area contributed by atoms with E-state index in [0.29, 0.717) is 10.2 Å². The summed E-state index contributed by atoms with van der Waals surface area (Å²) in [6.07, 6.45) is 0. The van der Waals surface area contributed by atoms with Crippen LogP contribution in [-0.2, 0) is 4.79 Å². The minimum atomic E-state index is -0.102. The number of carbonyl (C=O) groups excluding carboxylic acids is 1. The van der Waals surface area contributed by atoms with Gasteiger partial charge in [-0.15, -0.1) is 5.10 Å². The number of carbonyl (C=O) groups is 1. The van der Waals surface area contributed by atoms with Gasteiger partial charge in [-0.1, -0.05) is 42.4 Å². The molecule has 1 aliphatic heterocycles. The van der Waals surface area contributed by atoms with E-state index in [1.54, 1.807) is 16.8 Å². The molecular weight excluding hydrogens is 434 g/mol. The minimum absolute atomic E-state index is 0.102. The fourth-order valence-corrected chi connectivity index (χ4v) is 4.31. The van der Waals surface area contributed by atoms with Crippen molar-refractivity contribution in [1.82, 2.24) is 25.1 Å². The molecule has 2 heterocycles. The van der Waals surface area contributed by atoms with Crippen LogP contribution in [0.25, 0.3) is 5.69 Å². The first-order valence-electron chi connectivity index (χ1n) is 10.2. The maximum absolute atomic E-state index is 12.7. The van der Waals surface area contributed by atoms with Crippen LogP contribution in [0.3, 0.4) is 0 Å². The summed E-state index contributed by atoms with van der Waals surface area (Å²) in [5, 5.41) is 16.0. The lowest BCUT2D eigenvalue weighted by Crippen LogP contribution is -2.46. The Balaban J connectivity index is 1.39. The highest BCUT2D eigenvalue weighted by Crippen LogP contribution is 2.27. The molecule has 0 aliphatic carbocycles. The predicted octanol–water partition coefficient (Wildman–Crippen LogP) is 3.19. The van der Waals surface area contributed by atoms with Gasteiger partial charge in [0, 0.05) is 31.2 Å². The zero-order chi connectivity index (χ0) is 21.6. The van der Waals surface area contributed by atoms with Crippen molar-refractivity contribution in [2.45, 2.75) is 12.1 Å². The number of hydrogen-bond donors (Lipinski definition) is 1. The molecule has 3 aromatic rings. The molecule has 1 N–H and O–H groups in total. The third kappa shape index (κ3) is 5.36. The summed E-state index contributed by atoms with van der Waals surface area (Å²) in [5.41, 5.74) is 2.67. The number of benzene rings is 2. The average Bonchev–Trinajstić information content (AvgIpc) is 3.27. The molecule has 4 rings (SSSR count). The number of hydrogen-bond acceptors (Lipinski definition) is 7. The number of thioether (sulfide) groups is 1. The lowest BCUT2D eigenvalue weighted by atomic mass is 10.2. The number of piperazine rings is 1. The van der Waals surface area contributed by atoms with Crippen LogP contribution in [0, 0.1) is 0 Å². The summed E-state index contributed by atoms with van der Waals surface area (Å²) in [6.45, 7) is 7.21. The smallest absolute Gasteiger partial charge is 0.234 e. The molecular formula is C21H24ClN7OS. The van der Waals surface area contributed by atoms with Crippen LogP contribution >= 0.6 is 23.4 Å². The zero-order valence-corrected chi connectivity index (χ0v) is 18.8. The highest BCUT2D eigenvalue weighted by Gasteiger charge is 2.19. The second-order valence-corrected chi connectivity index (χ2v) is 8.50. The van der Waals surface area contributed by atoms with Gasteiger partial charge in [0.15, 0.2) is 0 Å². The molecule has 0 bridgehead atoms. The molecule has 2 aromatic carbocycles. The number of likely N-dealkylation sites (N-methyl/N-ethyl adjacent to an activating group) is 1. The number of tetrazole rings is 1. The number of halogens is 1. The monoisotopic (exact) mass is 457 g/mol. The van der Waals surface area contributed by atoms with E-state index in [-0.39, 0.29) is 11.7 Å². The van der Waals surface area contributed by atoms with Crippen LogP contribution in [0.2, 0.25) is 5.02 Å². The molecule has 0 spiro atoms. The molecule has 0 atom stereocenters. The Hall–Kier alpha value is -2.62. The van der Waals surface area contributed by atoms with E-state index in [0.717, 1.165) is 49.8 Å². The summed E-state index contributed by atoms with van der Waals surface area (Å²) in [5.74, 6) is 0.0987. The van der Waals surface area contributed by atoms with Crippen molar-refractivity contribution in [2.75, 3.05) is 48.7 Å². The predicted molar refractivity (Wildman–Crippen MR) is 124 cm³/mol. The van der Waals surface area contributed by atoms with Gasteiger partial charge in [-0.25, -0.2) is 0 Å². The van der Waals surface area contributed by atoms with Crippen LogP contribution in [0.4, 0.5) is 11.4 Å².